The van der Waals surface area contributed by atoms with E-state index in [1.54, 1.807) is 6.92 Å². The predicted molar refractivity (Wildman–Crippen MR) is 75.4 cm³/mol. The van der Waals surface area contributed by atoms with E-state index in [0.29, 0.717) is 24.9 Å². The minimum Gasteiger partial charge on any atom is -0.389 e. The van der Waals surface area contributed by atoms with Gasteiger partial charge < -0.3 is 15.7 Å². The van der Waals surface area contributed by atoms with Crippen molar-refractivity contribution in [3.05, 3.63) is 0 Å². The molecule has 0 aromatic carbocycles. The van der Waals surface area contributed by atoms with Crippen LogP contribution >= 0.6 is 0 Å². The Hall–Kier alpha value is -0.610. The van der Waals surface area contributed by atoms with Crippen LogP contribution in [0.15, 0.2) is 0 Å². The number of carbonyl (C=O) groups is 1. The Labute approximate surface area is 112 Å². The fourth-order valence-corrected chi connectivity index (χ4v) is 1.88. The summed E-state index contributed by atoms with van der Waals surface area (Å²) in [6.07, 6.45) is 0.723. The van der Waals surface area contributed by atoms with E-state index in [-0.39, 0.29) is 11.9 Å². The molecule has 0 aromatic rings. The van der Waals surface area contributed by atoms with Crippen molar-refractivity contribution in [2.75, 3.05) is 13.1 Å². The topological polar surface area (TPSA) is 61.4 Å². The summed E-state index contributed by atoms with van der Waals surface area (Å²) in [7, 11) is 0. The van der Waals surface area contributed by atoms with Gasteiger partial charge in [0.2, 0.25) is 5.91 Å². The van der Waals surface area contributed by atoms with Gasteiger partial charge in [0.25, 0.3) is 0 Å². The molecule has 2 atom stereocenters. The number of hydrogen-bond donors (Lipinski definition) is 3. The van der Waals surface area contributed by atoms with Crippen LogP contribution in [0, 0.1) is 11.8 Å². The summed E-state index contributed by atoms with van der Waals surface area (Å²) in [5.74, 6) is 0.876. The molecule has 108 valence electrons. The van der Waals surface area contributed by atoms with Gasteiger partial charge in [0.1, 0.15) is 0 Å². The predicted octanol–water partition coefficient (Wildman–Crippen LogP) is 1.53. The second-order valence-corrected chi connectivity index (χ2v) is 6.34. The van der Waals surface area contributed by atoms with E-state index in [1.165, 1.54) is 0 Å². The molecule has 0 bridgehead atoms. The zero-order valence-electron chi connectivity index (χ0n) is 12.7. The summed E-state index contributed by atoms with van der Waals surface area (Å²) in [6.45, 7) is 13.0. The lowest BCUT2D eigenvalue weighted by Gasteiger charge is -2.27. The maximum absolute atomic E-state index is 11.7. The molecule has 0 aliphatic rings. The molecular weight excluding hydrogens is 228 g/mol. The number of carbonyl (C=O) groups excluding carboxylic acids is 1. The van der Waals surface area contributed by atoms with Crippen molar-refractivity contribution in [2.45, 2.75) is 59.6 Å². The van der Waals surface area contributed by atoms with E-state index < -0.39 is 5.60 Å². The molecule has 0 saturated heterocycles. The van der Waals surface area contributed by atoms with Gasteiger partial charge in [-0.3, -0.25) is 4.79 Å². The second-order valence-electron chi connectivity index (χ2n) is 6.34. The number of nitrogens with one attached hydrogen (secondary N) is 2. The first-order valence-electron chi connectivity index (χ1n) is 6.87. The van der Waals surface area contributed by atoms with Gasteiger partial charge in [-0.05, 0) is 32.1 Å². The summed E-state index contributed by atoms with van der Waals surface area (Å²) in [4.78, 5) is 11.7. The lowest BCUT2D eigenvalue weighted by Crippen LogP contribution is -2.48. The molecule has 0 aliphatic heterocycles. The average Bonchev–Trinajstić information content (AvgIpc) is 2.20. The highest BCUT2D eigenvalue weighted by Crippen LogP contribution is 2.15. The largest absolute Gasteiger partial charge is 0.389 e. The van der Waals surface area contributed by atoms with E-state index >= 15 is 0 Å². The molecule has 0 heterocycles. The van der Waals surface area contributed by atoms with Crippen LogP contribution in [0.4, 0.5) is 0 Å². The van der Waals surface area contributed by atoms with Gasteiger partial charge in [0, 0.05) is 13.1 Å². The first kappa shape index (κ1) is 17.4. The van der Waals surface area contributed by atoms with Crippen molar-refractivity contribution >= 4 is 5.91 Å². The van der Waals surface area contributed by atoms with Gasteiger partial charge in [-0.2, -0.15) is 0 Å². The number of hydrogen-bond acceptors (Lipinski definition) is 3. The fraction of sp³-hybridized carbons (Fsp3) is 0.929. The Morgan fingerprint density at radius 3 is 2.17 bits per heavy atom. The highest BCUT2D eigenvalue weighted by atomic mass is 16.3. The molecule has 2 unspecified atom stereocenters. The molecule has 0 aromatic heterocycles. The van der Waals surface area contributed by atoms with Gasteiger partial charge in [0.15, 0.2) is 0 Å². The Balaban J connectivity index is 4.01. The molecule has 0 saturated carbocycles. The van der Waals surface area contributed by atoms with Gasteiger partial charge in [-0.25, -0.2) is 0 Å². The maximum atomic E-state index is 11.7. The summed E-state index contributed by atoms with van der Waals surface area (Å²) < 4.78 is 0. The molecule has 0 aliphatic carbocycles. The first-order chi connectivity index (χ1) is 8.14. The van der Waals surface area contributed by atoms with Crippen molar-refractivity contribution in [1.29, 1.82) is 0 Å². The fourth-order valence-electron chi connectivity index (χ4n) is 1.88. The highest BCUT2D eigenvalue weighted by Gasteiger charge is 2.23. The maximum Gasteiger partial charge on any atom is 0.236 e. The van der Waals surface area contributed by atoms with Crippen LogP contribution in [0.3, 0.4) is 0 Å². The van der Waals surface area contributed by atoms with Crippen molar-refractivity contribution in [3.8, 4) is 0 Å². The zero-order chi connectivity index (χ0) is 14.3. The van der Waals surface area contributed by atoms with E-state index in [0.717, 1.165) is 6.42 Å². The Bertz CT molecular complexity index is 250. The zero-order valence-corrected chi connectivity index (χ0v) is 12.7. The summed E-state index contributed by atoms with van der Waals surface area (Å²) >= 11 is 0. The summed E-state index contributed by atoms with van der Waals surface area (Å²) in [5.41, 5.74) is -0.763. The van der Waals surface area contributed by atoms with Crippen molar-refractivity contribution in [3.63, 3.8) is 0 Å². The van der Waals surface area contributed by atoms with Gasteiger partial charge in [0.05, 0.1) is 11.6 Å². The van der Waals surface area contributed by atoms with Crippen molar-refractivity contribution < 1.29 is 9.90 Å². The van der Waals surface area contributed by atoms with Crippen LogP contribution in [-0.4, -0.2) is 35.7 Å². The SMILES string of the molecule is CC(C)CNC(=O)C(C)NCC(C)(O)CC(C)C. The molecule has 4 nitrogen and oxygen atoms in total. The number of aliphatic hydroxyl groups is 1. The van der Waals surface area contributed by atoms with Crippen LogP contribution in [-0.2, 0) is 4.79 Å². The summed E-state index contributed by atoms with van der Waals surface area (Å²) in [6, 6.07) is -0.276. The monoisotopic (exact) mass is 258 g/mol. The molecule has 1 amide bonds. The number of rotatable bonds is 8. The van der Waals surface area contributed by atoms with Gasteiger partial charge >= 0.3 is 0 Å². The van der Waals surface area contributed by atoms with Crippen molar-refractivity contribution in [1.82, 2.24) is 10.6 Å². The number of amides is 1. The highest BCUT2D eigenvalue weighted by molar-refractivity contribution is 5.81. The van der Waals surface area contributed by atoms with Crippen LogP contribution in [0.25, 0.3) is 0 Å². The molecule has 18 heavy (non-hydrogen) atoms. The smallest absolute Gasteiger partial charge is 0.236 e. The minimum absolute atomic E-state index is 0.0101. The minimum atomic E-state index is -0.763. The quantitative estimate of drug-likeness (QED) is 0.619. The van der Waals surface area contributed by atoms with Crippen LogP contribution in [0.5, 0.6) is 0 Å². The Morgan fingerprint density at radius 1 is 1.17 bits per heavy atom. The lowest BCUT2D eigenvalue weighted by molar-refractivity contribution is -0.123. The molecule has 4 heteroatoms. The third-order valence-corrected chi connectivity index (χ3v) is 2.71. The van der Waals surface area contributed by atoms with Crippen LogP contribution < -0.4 is 10.6 Å². The van der Waals surface area contributed by atoms with Crippen molar-refractivity contribution in [2.24, 2.45) is 11.8 Å². The summed E-state index contributed by atoms with van der Waals surface area (Å²) in [5, 5.41) is 16.1. The second kappa shape index (κ2) is 7.74. The first-order valence-corrected chi connectivity index (χ1v) is 6.87. The Morgan fingerprint density at radius 2 is 1.72 bits per heavy atom. The normalized spacial score (nSPS) is 16.7. The molecule has 0 fully saturated rings. The standard InChI is InChI=1S/C14H30N2O2/c1-10(2)7-14(6,18)9-16-12(5)13(17)15-8-11(3)4/h10-12,16,18H,7-9H2,1-6H3,(H,15,17). The van der Waals surface area contributed by atoms with Crippen LogP contribution in [0.2, 0.25) is 0 Å². The third-order valence-electron chi connectivity index (χ3n) is 2.71. The van der Waals surface area contributed by atoms with E-state index in [2.05, 4.69) is 38.3 Å². The Kier molecular flexibility index (Phi) is 7.48. The third kappa shape index (κ3) is 8.48. The van der Waals surface area contributed by atoms with Gasteiger partial charge in [-0.1, -0.05) is 27.7 Å². The molecule has 0 radical (unpaired) electrons. The average molecular weight is 258 g/mol. The van der Waals surface area contributed by atoms with E-state index in [4.69, 9.17) is 0 Å². The van der Waals surface area contributed by atoms with Crippen LogP contribution in [0.1, 0.15) is 48.0 Å². The molecule has 0 spiro atoms. The van der Waals surface area contributed by atoms with E-state index in [1.807, 2.05) is 6.92 Å². The molecular formula is C14H30N2O2. The molecule has 0 rings (SSSR count). The van der Waals surface area contributed by atoms with Gasteiger partial charge in [-0.15, -0.1) is 0 Å². The molecule has 3 N–H and O–H groups in total. The van der Waals surface area contributed by atoms with E-state index in [9.17, 15) is 9.90 Å². The lowest BCUT2D eigenvalue weighted by atomic mass is 9.94.